The lowest BCUT2D eigenvalue weighted by Gasteiger charge is -2.20. The molecule has 5 rings (SSSR count). The summed E-state index contributed by atoms with van der Waals surface area (Å²) in [6, 6.07) is 20.5. The number of rotatable bonds is 8. The van der Waals surface area contributed by atoms with Crippen molar-refractivity contribution in [3.05, 3.63) is 84.2 Å². The molecular formula is C28H23FN4O3S2. The number of aromatic nitrogens is 2. The topological polar surface area (TPSA) is 100 Å². The first-order valence-corrected chi connectivity index (χ1v) is 13.0. The summed E-state index contributed by atoms with van der Waals surface area (Å²) in [5, 5.41) is 20.9. The lowest BCUT2D eigenvalue weighted by Crippen LogP contribution is -2.44. The van der Waals surface area contributed by atoms with Gasteiger partial charge in [0.05, 0.1) is 15.8 Å². The highest BCUT2D eigenvalue weighted by molar-refractivity contribution is 7.80. The number of thiazole rings is 1. The number of carboxylic acid groups (broad SMARTS) is 1. The van der Waals surface area contributed by atoms with E-state index >= 15 is 0 Å². The Kier molecular flexibility index (Phi) is 7.17. The van der Waals surface area contributed by atoms with Crippen LogP contribution in [0.1, 0.15) is 19.4 Å². The van der Waals surface area contributed by atoms with Crippen LogP contribution in [-0.2, 0) is 4.79 Å². The number of benzene rings is 3. The van der Waals surface area contributed by atoms with Gasteiger partial charge in [0.15, 0.2) is 10.9 Å². The van der Waals surface area contributed by atoms with Crippen LogP contribution < -0.4 is 10.6 Å². The van der Waals surface area contributed by atoms with E-state index in [0.717, 1.165) is 27.0 Å². The third-order valence-electron chi connectivity index (χ3n) is 5.93. The molecule has 10 heteroatoms. The number of carbonyl (C=O) groups is 1. The summed E-state index contributed by atoms with van der Waals surface area (Å²) in [5.41, 5.74) is 4.03. The highest BCUT2D eigenvalue weighted by Crippen LogP contribution is 2.34. The molecule has 1 atom stereocenters. The molecule has 0 radical (unpaired) electrons. The number of anilines is 2. The lowest BCUT2D eigenvalue weighted by atomic mass is 10.00. The first-order valence-electron chi connectivity index (χ1n) is 11.8. The normalized spacial score (nSPS) is 12.0. The lowest BCUT2D eigenvalue weighted by molar-refractivity contribution is -0.140. The first-order chi connectivity index (χ1) is 18.3. The van der Waals surface area contributed by atoms with E-state index < -0.39 is 12.0 Å². The number of carboxylic acids is 1. The average Bonchev–Trinajstić information content (AvgIpc) is 3.51. The fraction of sp³-hybridized carbons (Fsp3) is 0.143. The summed E-state index contributed by atoms with van der Waals surface area (Å²) in [7, 11) is 0. The van der Waals surface area contributed by atoms with E-state index in [1.165, 1.54) is 23.5 Å². The Morgan fingerprint density at radius 2 is 1.79 bits per heavy atom. The monoisotopic (exact) mass is 546 g/mol. The zero-order valence-corrected chi connectivity index (χ0v) is 22.1. The molecule has 0 aliphatic rings. The third-order valence-corrected chi connectivity index (χ3v) is 7.19. The second kappa shape index (κ2) is 10.7. The molecule has 2 aromatic heterocycles. The summed E-state index contributed by atoms with van der Waals surface area (Å²) in [4.78, 5) is 16.6. The maximum absolute atomic E-state index is 13.5. The van der Waals surface area contributed by atoms with Crippen molar-refractivity contribution in [1.82, 2.24) is 15.5 Å². The van der Waals surface area contributed by atoms with E-state index in [2.05, 4.69) is 20.8 Å². The molecule has 5 aromatic rings. The predicted molar refractivity (Wildman–Crippen MR) is 151 cm³/mol. The molecule has 0 fully saturated rings. The summed E-state index contributed by atoms with van der Waals surface area (Å²) in [5.74, 6) is -1.03. The van der Waals surface area contributed by atoms with E-state index in [0.29, 0.717) is 22.1 Å². The smallest absolute Gasteiger partial charge is 0.326 e. The van der Waals surface area contributed by atoms with E-state index in [9.17, 15) is 14.3 Å². The summed E-state index contributed by atoms with van der Waals surface area (Å²) in [6.07, 6.45) is 0. The van der Waals surface area contributed by atoms with Gasteiger partial charge in [0, 0.05) is 16.8 Å². The average molecular weight is 547 g/mol. The molecule has 0 bridgehead atoms. The van der Waals surface area contributed by atoms with Gasteiger partial charge in [-0.2, -0.15) is 0 Å². The van der Waals surface area contributed by atoms with Gasteiger partial charge in [0.25, 0.3) is 0 Å². The Labute approximate surface area is 227 Å². The van der Waals surface area contributed by atoms with Gasteiger partial charge in [-0.15, -0.1) is 0 Å². The molecule has 0 aliphatic carbocycles. The van der Waals surface area contributed by atoms with Crippen molar-refractivity contribution in [2.75, 3.05) is 5.32 Å². The fourth-order valence-electron chi connectivity index (χ4n) is 4.00. The number of halogens is 1. The van der Waals surface area contributed by atoms with Crippen LogP contribution >= 0.6 is 23.6 Å². The van der Waals surface area contributed by atoms with Crippen LogP contribution in [0.25, 0.3) is 32.8 Å². The second-order valence-electron chi connectivity index (χ2n) is 8.97. The van der Waals surface area contributed by atoms with E-state index in [-0.39, 0.29) is 16.7 Å². The molecule has 0 saturated heterocycles. The molecule has 192 valence electrons. The molecule has 7 nitrogen and oxygen atoms in total. The molecule has 0 spiro atoms. The minimum atomic E-state index is -0.991. The molecule has 3 N–H and O–H groups in total. The van der Waals surface area contributed by atoms with Gasteiger partial charge in [-0.3, -0.25) is 0 Å². The first kappa shape index (κ1) is 25.5. The van der Waals surface area contributed by atoms with Crippen molar-refractivity contribution in [3.8, 4) is 22.6 Å². The van der Waals surface area contributed by atoms with Crippen molar-refractivity contribution in [2.45, 2.75) is 19.9 Å². The minimum absolute atomic E-state index is 0.196. The Hall–Kier alpha value is -4.15. The van der Waals surface area contributed by atoms with Gasteiger partial charge in [-0.05, 0) is 36.2 Å². The molecule has 3 aromatic carbocycles. The van der Waals surface area contributed by atoms with Gasteiger partial charge < -0.3 is 20.3 Å². The van der Waals surface area contributed by atoms with Gasteiger partial charge in [0.2, 0.25) is 0 Å². The standard InChI is InChI=1S/C28H23FN4O3S2/c1-15(2)23(27(34)35)32-26(37)22-24(33-36-25(22)17-6-4-3-5-7-17)16-8-11-19(12-9-16)30-28-31-20-13-10-18(29)14-21(20)38-28/h3-15,23H,1-2H3,(H,30,31)(H,32,37)(H,34,35). The van der Waals surface area contributed by atoms with Crippen LogP contribution in [0.15, 0.2) is 77.3 Å². The highest BCUT2D eigenvalue weighted by atomic mass is 32.1. The van der Waals surface area contributed by atoms with Crippen LogP contribution in [0, 0.1) is 11.7 Å². The van der Waals surface area contributed by atoms with Gasteiger partial charge in [-0.25, -0.2) is 14.2 Å². The Bertz CT molecular complexity index is 1610. The maximum Gasteiger partial charge on any atom is 0.326 e. The number of hydrogen-bond donors (Lipinski definition) is 3. The van der Waals surface area contributed by atoms with Crippen LogP contribution in [0.3, 0.4) is 0 Å². The molecule has 1 unspecified atom stereocenters. The summed E-state index contributed by atoms with van der Waals surface area (Å²) < 4.78 is 20.0. The molecular weight excluding hydrogens is 523 g/mol. The fourth-order valence-corrected chi connectivity index (χ4v) is 5.23. The van der Waals surface area contributed by atoms with Gasteiger partial charge in [-0.1, -0.05) is 85.0 Å². The minimum Gasteiger partial charge on any atom is -0.480 e. The van der Waals surface area contributed by atoms with Crippen LogP contribution in [0.4, 0.5) is 15.2 Å². The highest BCUT2D eigenvalue weighted by Gasteiger charge is 2.28. The predicted octanol–water partition coefficient (Wildman–Crippen LogP) is 6.88. The van der Waals surface area contributed by atoms with Crippen molar-refractivity contribution in [2.24, 2.45) is 5.92 Å². The van der Waals surface area contributed by atoms with Crippen molar-refractivity contribution < 1.29 is 18.8 Å². The van der Waals surface area contributed by atoms with Crippen LogP contribution in [0.5, 0.6) is 0 Å². The van der Waals surface area contributed by atoms with Crippen molar-refractivity contribution >= 4 is 55.5 Å². The van der Waals surface area contributed by atoms with Crippen LogP contribution in [-0.4, -0.2) is 32.2 Å². The van der Waals surface area contributed by atoms with E-state index in [4.69, 9.17) is 16.7 Å². The maximum atomic E-state index is 13.5. The molecule has 0 saturated carbocycles. The second-order valence-corrected chi connectivity index (χ2v) is 10.4. The number of nitrogens with one attached hydrogen (secondary N) is 2. The van der Waals surface area contributed by atoms with Gasteiger partial charge >= 0.3 is 5.97 Å². The Morgan fingerprint density at radius 1 is 1.05 bits per heavy atom. The molecule has 0 aliphatic heterocycles. The summed E-state index contributed by atoms with van der Waals surface area (Å²) >= 11 is 7.06. The third kappa shape index (κ3) is 5.27. The molecule has 0 amide bonds. The van der Waals surface area contributed by atoms with E-state index in [1.807, 2.05) is 68.4 Å². The molecule has 2 heterocycles. The van der Waals surface area contributed by atoms with Crippen molar-refractivity contribution in [3.63, 3.8) is 0 Å². The number of aliphatic carboxylic acids is 1. The van der Waals surface area contributed by atoms with E-state index in [1.54, 1.807) is 6.07 Å². The zero-order chi connectivity index (χ0) is 26.8. The largest absolute Gasteiger partial charge is 0.480 e. The summed E-state index contributed by atoms with van der Waals surface area (Å²) in [6.45, 7) is 3.63. The Morgan fingerprint density at radius 3 is 2.47 bits per heavy atom. The van der Waals surface area contributed by atoms with Crippen LogP contribution in [0.2, 0.25) is 0 Å². The van der Waals surface area contributed by atoms with Gasteiger partial charge in [0.1, 0.15) is 22.5 Å². The number of fused-ring (bicyclic) bond motifs is 1. The number of nitrogens with zero attached hydrogens (tertiary/aromatic N) is 2. The zero-order valence-electron chi connectivity index (χ0n) is 20.4. The number of hydrogen-bond acceptors (Lipinski definition) is 7. The number of thiocarbonyl (C=S) groups is 1. The molecule has 38 heavy (non-hydrogen) atoms. The Balaban J connectivity index is 1.47. The quantitative estimate of drug-likeness (QED) is 0.181. The SMILES string of the molecule is CC(C)C(NC(=S)c1c(-c2ccc(Nc3nc4ccc(F)cc4s3)cc2)noc1-c1ccccc1)C(=O)O. The van der Waals surface area contributed by atoms with Crippen molar-refractivity contribution in [1.29, 1.82) is 0 Å².